The molecule has 0 aromatic carbocycles. The van der Waals surface area contributed by atoms with E-state index >= 15 is 0 Å². The summed E-state index contributed by atoms with van der Waals surface area (Å²) in [6, 6.07) is 0. The van der Waals surface area contributed by atoms with Crippen LogP contribution in [0.15, 0.2) is 12.7 Å². The van der Waals surface area contributed by atoms with Crippen molar-refractivity contribution in [2.45, 2.75) is 54.3 Å². The summed E-state index contributed by atoms with van der Waals surface area (Å²) in [5.41, 5.74) is -12.4. The third kappa shape index (κ3) is 5.86. The van der Waals surface area contributed by atoms with Crippen LogP contribution in [0.2, 0.25) is 0 Å². The molecule has 0 saturated carbocycles. The van der Waals surface area contributed by atoms with E-state index in [4.69, 9.17) is 4.74 Å². The van der Waals surface area contributed by atoms with E-state index < -0.39 is 60.2 Å². The second-order valence-corrected chi connectivity index (χ2v) is 9.54. The first kappa shape index (κ1) is 24.7. The van der Waals surface area contributed by atoms with Gasteiger partial charge in [0.25, 0.3) is 19.7 Å². The lowest BCUT2D eigenvalue weighted by Crippen LogP contribution is -2.45. The van der Waals surface area contributed by atoms with Crippen molar-refractivity contribution < 1.29 is 52.7 Å². The molecule has 0 fully saturated rings. The van der Waals surface area contributed by atoms with Gasteiger partial charge in [-0.1, -0.05) is 13.0 Å². The van der Waals surface area contributed by atoms with Crippen LogP contribution >= 0.6 is 0 Å². The minimum absolute atomic E-state index is 0.0895. The maximum atomic E-state index is 12.6. The van der Waals surface area contributed by atoms with Crippen LogP contribution in [0.3, 0.4) is 0 Å². The van der Waals surface area contributed by atoms with E-state index in [2.05, 4.69) is 6.58 Å². The molecule has 1 atom stereocenters. The summed E-state index contributed by atoms with van der Waals surface area (Å²) in [5.74, 6) is -0.902. The van der Waals surface area contributed by atoms with Gasteiger partial charge in [0, 0.05) is 0 Å². The van der Waals surface area contributed by atoms with Crippen LogP contribution in [-0.2, 0) is 29.2 Å². The normalized spacial score (nSPS) is 14.9. The SMILES string of the molecule is C=CCC(=O)OC(CC)CCC(S(=O)(=O)C(F)(F)F)S(=O)(=O)C(F)(F)F. The molecule has 0 rings (SSSR count). The van der Waals surface area contributed by atoms with Gasteiger partial charge in [-0.2, -0.15) is 26.3 Å². The van der Waals surface area contributed by atoms with E-state index in [1.54, 1.807) is 0 Å². The zero-order chi connectivity index (χ0) is 21.0. The summed E-state index contributed by atoms with van der Waals surface area (Å²) in [7, 11) is -13.4. The van der Waals surface area contributed by atoms with E-state index in [-0.39, 0.29) is 12.8 Å². The van der Waals surface area contributed by atoms with Gasteiger partial charge in [0.2, 0.25) is 0 Å². The molecular formula is C12H16F6O6S2. The fraction of sp³-hybridized carbons (Fsp3) is 0.750. The Morgan fingerprint density at radius 2 is 1.42 bits per heavy atom. The lowest BCUT2D eigenvalue weighted by molar-refractivity contribution is -0.148. The van der Waals surface area contributed by atoms with Crippen molar-refractivity contribution in [2.24, 2.45) is 0 Å². The number of sulfone groups is 2. The maximum absolute atomic E-state index is 12.6. The predicted molar refractivity (Wildman–Crippen MR) is 78.0 cm³/mol. The van der Waals surface area contributed by atoms with Gasteiger partial charge in [0.1, 0.15) is 6.10 Å². The molecule has 0 amide bonds. The highest BCUT2D eigenvalue weighted by Gasteiger charge is 2.62. The standard InChI is InChI=1S/C12H16F6O6S2/c1-3-5-9(19)24-8(4-2)6-7-10(25(20,21)11(13,14)15)26(22,23)12(16,17)18/h3,8,10H,1,4-7H2,2H3. The van der Waals surface area contributed by atoms with Gasteiger partial charge in [-0.15, -0.1) is 6.58 Å². The Hall–Kier alpha value is -1.31. The molecule has 0 aliphatic rings. The smallest absolute Gasteiger partial charge is 0.462 e. The predicted octanol–water partition coefficient (Wildman–Crippen LogP) is 2.86. The van der Waals surface area contributed by atoms with Crippen molar-refractivity contribution in [3.63, 3.8) is 0 Å². The van der Waals surface area contributed by atoms with E-state index in [9.17, 15) is 48.0 Å². The summed E-state index contributed by atoms with van der Waals surface area (Å²) < 4.78 is 122. The number of hydrogen-bond acceptors (Lipinski definition) is 6. The topological polar surface area (TPSA) is 94.6 Å². The molecule has 0 radical (unpaired) electrons. The molecule has 0 aliphatic carbocycles. The molecule has 6 nitrogen and oxygen atoms in total. The highest BCUT2D eigenvalue weighted by Crippen LogP contribution is 2.38. The van der Waals surface area contributed by atoms with Crippen molar-refractivity contribution in [1.82, 2.24) is 0 Å². The van der Waals surface area contributed by atoms with E-state index in [1.807, 2.05) is 0 Å². The number of halogens is 6. The molecule has 0 bridgehead atoms. The van der Waals surface area contributed by atoms with Gasteiger partial charge < -0.3 is 4.74 Å². The first-order valence-electron chi connectivity index (χ1n) is 6.93. The molecule has 0 saturated heterocycles. The molecule has 0 aliphatic heterocycles. The summed E-state index contributed by atoms with van der Waals surface area (Å²) in [6.45, 7) is 4.58. The van der Waals surface area contributed by atoms with Crippen LogP contribution in [0, 0.1) is 0 Å². The third-order valence-electron chi connectivity index (χ3n) is 3.13. The van der Waals surface area contributed by atoms with Crippen molar-refractivity contribution in [3.05, 3.63) is 12.7 Å². The van der Waals surface area contributed by atoms with Crippen molar-refractivity contribution >= 4 is 25.6 Å². The minimum atomic E-state index is -6.69. The number of esters is 1. The average Bonchev–Trinajstić information content (AvgIpc) is 2.43. The number of rotatable bonds is 9. The number of alkyl halides is 6. The Morgan fingerprint density at radius 1 is 1.00 bits per heavy atom. The van der Waals surface area contributed by atoms with Crippen LogP contribution in [-0.4, -0.2) is 44.5 Å². The van der Waals surface area contributed by atoms with Crippen LogP contribution < -0.4 is 0 Å². The molecule has 0 spiro atoms. The van der Waals surface area contributed by atoms with Gasteiger partial charge in [-0.25, -0.2) is 16.8 Å². The average molecular weight is 434 g/mol. The quantitative estimate of drug-likeness (QED) is 0.315. The second kappa shape index (κ2) is 8.59. The molecule has 26 heavy (non-hydrogen) atoms. The molecule has 0 aromatic rings. The number of ether oxygens (including phenoxy) is 1. The lowest BCUT2D eigenvalue weighted by atomic mass is 10.1. The lowest BCUT2D eigenvalue weighted by Gasteiger charge is -2.23. The maximum Gasteiger partial charge on any atom is 0.498 e. The van der Waals surface area contributed by atoms with Crippen LogP contribution in [0.5, 0.6) is 0 Å². The minimum Gasteiger partial charge on any atom is -0.462 e. The van der Waals surface area contributed by atoms with E-state index in [1.165, 1.54) is 6.92 Å². The molecule has 1 unspecified atom stereocenters. The Kier molecular flexibility index (Phi) is 8.15. The van der Waals surface area contributed by atoms with Crippen molar-refractivity contribution in [3.8, 4) is 0 Å². The first-order chi connectivity index (χ1) is 11.5. The second-order valence-electron chi connectivity index (χ2n) is 5.00. The van der Waals surface area contributed by atoms with Crippen LogP contribution in [0.4, 0.5) is 26.3 Å². The zero-order valence-electron chi connectivity index (χ0n) is 13.3. The van der Waals surface area contributed by atoms with Crippen molar-refractivity contribution in [2.75, 3.05) is 0 Å². The Bertz CT molecular complexity index is 663. The highest BCUT2D eigenvalue weighted by atomic mass is 32.3. The zero-order valence-corrected chi connectivity index (χ0v) is 14.9. The monoisotopic (exact) mass is 434 g/mol. The summed E-state index contributed by atoms with van der Waals surface area (Å²) in [5, 5.41) is 0. The number of carbonyl (C=O) groups excluding carboxylic acids is 1. The summed E-state index contributed by atoms with van der Waals surface area (Å²) in [6.07, 6.45) is -2.93. The Balaban J connectivity index is 5.73. The van der Waals surface area contributed by atoms with E-state index in [0.29, 0.717) is 0 Å². The Morgan fingerprint density at radius 3 is 1.73 bits per heavy atom. The third-order valence-corrected chi connectivity index (χ3v) is 7.79. The van der Waals surface area contributed by atoms with Crippen LogP contribution in [0.1, 0.15) is 32.6 Å². The Labute approximate surface area is 146 Å². The molecule has 0 aromatic heterocycles. The fourth-order valence-corrected chi connectivity index (χ4v) is 5.27. The van der Waals surface area contributed by atoms with Crippen LogP contribution in [0.25, 0.3) is 0 Å². The number of carbonyl (C=O) groups is 1. The van der Waals surface area contributed by atoms with Gasteiger partial charge in [0.05, 0.1) is 6.42 Å². The molecular weight excluding hydrogens is 418 g/mol. The van der Waals surface area contributed by atoms with Gasteiger partial charge in [-0.3, -0.25) is 4.79 Å². The summed E-state index contributed by atoms with van der Waals surface area (Å²) >= 11 is 0. The van der Waals surface area contributed by atoms with Gasteiger partial charge in [-0.05, 0) is 19.3 Å². The summed E-state index contributed by atoms with van der Waals surface area (Å²) in [4.78, 5) is 11.3. The van der Waals surface area contributed by atoms with E-state index in [0.717, 1.165) is 6.08 Å². The van der Waals surface area contributed by atoms with Crippen molar-refractivity contribution in [1.29, 1.82) is 0 Å². The van der Waals surface area contributed by atoms with Gasteiger partial charge >= 0.3 is 17.0 Å². The van der Waals surface area contributed by atoms with Gasteiger partial charge in [0.15, 0.2) is 4.58 Å². The fourth-order valence-electron chi connectivity index (χ4n) is 1.80. The molecule has 14 heteroatoms. The molecule has 0 N–H and O–H groups in total. The number of hydrogen-bond donors (Lipinski definition) is 0. The largest absolute Gasteiger partial charge is 0.498 e. The molecule has 0 heterocycles. The molecule has 154 valence electrons. The first-order valence-corrected chi connectivity index (χ1v) is 10.0. The highest BCUT2D eigenvalue weighted by molar-refractivity contribution is 8.09.